The van der Waals surface area contributed by atoms with Gasteiger partial charge in [-0.2, -0.15) is 0 Å². The summed E-state index contributed by atoms with van der Waals surface area (Å²) in [6, 6.07) is 7.73. The van der Waals surface area contributed by atoms with Crippen molar-refractivity contribution in [3.8, 4) is 5.75 Å². The van der Waals surface area contributed by atoms with Crippen molar-refractivity contribution in [2.24, 2.45) is 5.73 Å². The fourth-order valence-corrected chi connectivity index (χ4v) is 2.79. The Bertz CT molecular complexity index is 433. The number of ether oxygens (including phenoxy) is 1. The first kappa shape index (κ1) is 13.7. The topological polar surface area (TPSA) is 67.6 Å². The molecule has 1 heterocycles. The van der Waals surface area contributed by atoms with Crippen LogP contribution >= 0.6 is 0 Å². The van der Waals surface area contributed by atoms with Crippen LogP contribution < -0.4 is 15.8 Å². The van der Waals surface area contributed by atoms with E-state index in [0.717, 1.165) is 25.1 Å². The SMILES string of the molecule is COc1ccc(C2C(NC(N)=O)CCCN2C)cc1. The third kappa shape index (κ3) is 3.17. The summed E-state index contributed by atoms with van der Waals surface area (Å²) in [7, 11) is 3.73. The number of rotatable bonds is 3. The Hall–Kier alpha value is -1.75. The number of carbonyl (C=O) groups excluding carboxylic acids is 1. The number of primary amides is 1. The first-order valence-electron chi connectivity index (χ1n) is 6.52. The number of amides is 2. The maximum absolute atomic E-state index is 11.1. The van der Waals surface area contributed by atoms with E-state index in [-0.39, 0.29) is 12.1 Å². The Morgan fingerprint density at radius 3 is 2.68 bits per heavy atom. The summed E-state index contributed by atoms with van der Waals surface area (Å²) in [5.41, 5.74) is 6.43. The Kier molecular flexibility index (Phi) is 4.27. The summed E-state index contributed by atoms with van der Waals surface area (Å²) in [6.45, 7) is 1.02. The molecule has 104 valence electrons. The predicted octanol–water partition coefficient (Wildman–Crippen LogP) is 1.50. The fourth-order valence-electron chi connectivity index (χ4n) is 2.79. The molecular weight excluding hydrogens is 242 g/mol. The number of urea groups is 1. The normalized spacial score (nSPS) is 23.9. The number of likely N-dealkylation sites (N-methyl/N-ethyl adjacent to an activating group) is 1. The molecule has 1 saturated heterocycles. The minimum absolute atomic E-state index is 0.0599. The minimum Gasteiger partial charge on any atom is -0.497 e. The molecular formula is C14H21N3O2. The monoisotopic (exact) mass is 263 g/mol. The van der Waals surface area contributed by atoms with Crippen LogP contribution in [0.25, 0.3) is 0 Å². The lowest BCUT2D eigenvalue weighted by Crippen LogP contribution is -2.50. The standard InChI is InChI=1S/C14H21N3O2/c1-17-9-3-4-12(16-14(15)18)13(17)10-5-7-11(19-2)8-6-10/h5-8,12-13H,3-4,9H2,1-2H3,(H3,15,16,18). The number of hydrogen-bond donors (Lipinski definition) is 2. The van der Waals surface area contributed by atoms with Crippen molar-refractivity contribution in [3.05, 3.63) is 29.8 Å². The molecule has 2 atom stereocenters. The molecule has 5 nitrogen and oxygen atoms in total. The maximum atomic E-state index is 11.1. The van der Waals surface area contributed by atoms with E-state index in [1.54, 1.807) is 7.11 Å². The van der Waals surface area contributed by atoms with Gasteiger partial charge in [-0.3, -0.25) is 4.90 Å². The van der Waals surface area contributed by atoms with Crippen molar-refractivity contribution in [2.75, 3.05) is 20.7 Å². The summed E-state index contributed by atoms with van der Waals surface area (Å²) in [4.78, 5) is 13.4. The molecule has 2 amide bonds. The van der Waals surface area contributed by atoms with Gasteiger partial charge in [0.15, 0.2) is 0 Å². The van der Waals surface area contributed by atoms with E-state index in [0.29, 0.717) is 0 Å². The number of hydrogen-bond acceptors (Lipinski definition) is 3. The molecule has 0 aromatic heterocycles. The number of carbonyl (C=O) groups is 1. The van der Waals surface area contributed by atoms with E-state index >= 15 is 0 Å². The second-order valence-electron chi connectivity index (χ2n) is 4.96. The molecule has 1 aliphatic rings. The molecule has 1 fully saturated rings. The molecule has 0 radical (unpaired) electrons. The van der Waals surface area contributed by atoms with E-state index < -0.39 is 6.03 Å². The van der Waals surface area contributed by atoms with Crippen molar-refractivity contribution in [3.63, 3.8) is 0 Å². The van der Waals surface area contributed by atoms with Gasteiger partial charge >= 0.3 is 6.03 Å². The molecule has 2 unspecified atom stereocenters. The smallest absolute Gasteiger partial charge is 0.312 e. The zero-order valence-corrected chi connectivity index (χ0v) is 11.4. The summed E-state index contributed by atoms with van der Waals surface area (Å²) >= 11 is 0. The van der Waals surface area contributed by atoms with E-state index in [1.807, 2.05) is 24.3 Å². The van der Waals surface area contributed by atoms with E-state index in [9.17, 15) is 4.79 Å². The molecule has 0 spiro atoms. The number of methoxy groups -OCH3 is 1. The van der Waals surface area contributed by atoms with Gasteiger partial charge in [-0.15, -0.1) is 0 Å². The Balaban J connectivity index is 2.22. The average molecular weight is 263 g/mol. The molecule has 3 N–H and O–H groups in total. The van der Waals surface area contributed by atoms with Gasteiger partial charge in [0.2, 0.25) is 0 Å². The number of likely N-dealkylation sites (tertiary alicyclic amines) is 1. The predicted molar refractivity (Wildman–Crippen MR) is 74.1 cm³/mol. The van der Waals surface area contributed by atoms with Crippen LogP contribution in [0.15, 0.2) is 24.3 Å². The largest absolute Gasteiger partial charge is 0.497 e. The van der Waals surface area contributed by atoms with Crippen LogP contribution in [0.1, 0.15) is 24.4 Å². The third-order valence-corrected chi connectivity index (χ3v) is 3.67. The molecule has 19 heavy (non-hydrogen) atoms. The van der Waals surface area contributed by atoms with Gasteiger partial charge in [-0.05, 0) is 44.1 Å². The fraction of sp³-hybridized carbons (Fsp3) is 0.500. The number of piperidine rings is 1. The van der Waals surface area contributed by atoms with Crippen molar-refractivity contribution < 1.29 is 9.53 Å². The highest BCUT2D eigenvalue weighted by molar-refractivity contribution is 5.72. The molecule has 0 saturated carbocycles. The lowest BCUT2D eigenvalue weighted by molar-refractivity contribution is 0.145. The molecule has 1 aromatic rings. The highest BCUT2D eigenvalue weighted by Crippen LogP contribution is 2.30. The first-order valence-corrected chi connectivity index (χ1v) is 6.52. The van der Waals surface area contributed by atoms with Crippen LogP contribution in [0.3, 0.4) is 0 Å². The van der Waals surface area contributed by atoms with Gasteiger partial charge in [-0.1, -0.05) is 12.1 Å². The second-order valence-corrected chi connectivity index (χ2v) is 4.96. The van der Waals surface area contributed by atoms with E-state index in [2.05, 4.69) is 17.3 Å². The van der Waals surface area contributed by atoms with Crippen LogP contribution in [0.2, 0.25) is 0 Å². The maximum Gasteiger partial charge on any atom is 0.312 e. The van der Waals surface area contributed by atoms with Crippen LogP contribution in [0, 0.1) is 0 Å². The van der Waals surface area contributed by atoms with Crippen LogP contribution in [-0.4, -0.2) is 37.7 Å². The Labute approximate surface area is 113 Å². The zero-order chi connectivity index (χ0) is 13.8. The summed E-state index contributed by atoms with van der Waals surface area (Å²) in [5.74, 6) is 0.835. The molecule has 1 aliphatic heterocycles. The zero-order valence-electron chi connectivity index (χ0n) is 11.4. The van der Waals surface area contributed by atoms with Crippen LogP contribution in [0.4, 0.5) is 4.79 Å². The van der Waals surface area contributed by atoms with Gasteiger partial charge in [0, 0.05) is 0 Å². The molecule has 5 heteroatoms. The Morgan fingerprint density at radius 2 is 2.11 bits per heavy atom. The quantitative estimate of drug-likeness (QED) is 0.868. The number of nitrogens with zero attached hydrogens (tertiary/aromatic N) is 1. The van der Waals surface area contributed by atoms with E-state index in [1.165, 1.54) is 5.56 Å². The van der Waals surface area contributed by atoms with Crippen molar-refractivity contribution in [1.29, 1.82) is 0 Å². The van der Waals surface area contributed by atoms with Crippen LogP contribution in [0.5, 0.6) is 5.75 Å². The Morgan fingerprint density at radius 1 is 1.42 bits per heavy atom. The number of benzene rings is 1. The van der Waals surface area contributed by atoms with Crippen molar-refractivity contribution in [2.45, 2.75) is 24.9 Å². The van der Waals surface area contributed by atoms with E-state index in [4.69, 9.17) is 10.5 Å². The molecule has 0 aliphatic carbocycles. The summed E-state index contributed by atoms with van der Waals surface area (Å²) in [6.07, 6.45) is 2.01. The highest BCUT2D eigenvalue weighted by atomic mass is 16.5. The van der Waals surface area contributed by atoms with Gasteiger partial charge in [0.1, 0.15) is 5.75 Å². The van der Waals surface area contributed by atoms with Gasteiger partial charge in [0.25, 0.3) is 0 Å². The number of nitrogens with one attached hydrogen (secondary N) is 1. The van der Waals surface area contributed by atoms with Gasteiger partial charge in [0.05, 0.1) is 19.2 Å². The third-order valence-electron chi connectivity index (χ3n) is 3.67. The lowest BCUT2D eigenvalue weighted by atomic mass is 9.91. The summed E-state index contributed by atoms with van der Waals surface area (Å²) in [5, 5.41) is 2.86. The highest BCUT2D eigenvalue weighted by Gasteiger charge is 2.31. The molecule has 2 rings (SSSR count). The lowest BCUT2D eigenvalue weighted by Gasteiger charge is -2.39. The van der Waals surface area contributed by atoms with Gasteiger partial charge in [-0.25, -0.2) is 4.79 Å². The van der Waals surface area contributed by atoms with Crippen molar-refractivity contribution >= 4 is 6.03 Å². The average Bonchev–Trinajstić information content (AvgIpc) is 2.38. The second kappa shape index (κ2) is 5.93. The van der Waals surface area contributed by atoms with Crippen molar-refractivity contribution in [1.82, 2.24) is 10.2 Å². The number of nitrogens with two attached hydrogens (primary N) is 1. The minimum atomic E-state index is -0.459. The molecule has 1 aromatic carbocycles. The molecule has 0 bridgehead atoms. The van der Waals surface area contributed by atoms with Crippen LogP contribution in [-0.2, 0) is 0 Å². The first-order chi connectivity index (χ1) is 9.11. The van der Waals surface area contributed by atoms with Gasteiger partial charge < -0.3 is 15.8 Å². The summed E-state index contributed by atoms with van der Waals surface area (Å²) < 4.78 is 5.17.